The van der Waals surface area contributed by atoms with Crippen LogP contribution in [0, 0.1) is 6.92 Å². The van der Waals surface area contributed by atoms with Gasteiger partial charge in [0.05, 0.1) is 0 Å². The van der Waals surface area contributed by atoms with E-state index in [1.807, 2.05) is 0 Å². The fourth-order valence-corrected chi connectivity index (χ4v) is 3.10. The number of aromatic hydroxyl groups is 1. The third kappa shape index (κ3) is 2.71. The minimum Gasteiger partial charge on any atom is -0.507 e. The van der Waals surface area contributed by atoms with Crippen LogP contribution in [0.25, 0.3) is 0 Å². The van der Waals surface area contributed by atoms with Gasteiger partial charge in [-0.2, -0.15) is 0 Å². The molecule has 0 bridgehead atoms. The number of rotatable bonds is 1. The normalized spacial score (nSPS) is 18.0. The Hall–Kier alpha value is -0.980. The first kappa shape index (κ1) is 13.5. The molecule has 1 saturated carbocycles. The lowest BCUT2D eigenvalue weighted by Gasteiger charge is -2.28. The standard InChI is InChI=1S/C17H26O/c1-12-10-14(13-8-6-5-7-9-13)16(18)15(11-12)17(2,3)4/h10-11,13,18H,5-9H2,1-4H3. The zero-order chi connectivity index (χ0) is 13.3. The maximum absolute atomic E-state index is 10.6. The Bertz CT molecular complexity index is 420. The van der Waals surface area contributed by atoms with Crippen molar-refractivity contribution in [2.24, 2.45) is 0 Å². The molecule has 2 rings (SSSR count). The lowest BCUT2D eigenvalue weighted by atomic mass is 9.78. The van der Waals surface area contributed by atoms with E-state index in [-0.39, 0.29) is 5.41 Å². The topological polar surface area (TPSA) is 20.2 Å². The van der Waals surface area contributed by atoms with Crippen molar-refractivity contribution >= 4 is 0 Å². The van der Waals surface area contributed by atoms with Crippen LogP contribution < -0.4 is 0 Å². The van der Waals surface area contributed by atoms with Gasteiger partial charge < -0.3 is 5.11 Å². The highest BCUT2D eigenvalue weighted by Gasteiger charge is 2.25. The summed E-state index contributed by atoms with van der Waals surface area (Å²) in [4.78, 5) is 0. The quantitative estimate of drug-likeness (QED) is 0.735. The van der Waals surface area contributed by atoms with Gasteiger partial charge in [0.2, 0.25) is 0 Å². The van der Waals surface area contributed by atoms with E-state index >= 15 is 0 Å². The van der Waals surface area contributed by atoms with Crippen molar-refractivity contribution in [1.82, 2.24) is 0 Å². The second kappa shape index (κ2) is 4.95. The van der Waals surface area contributed by atoms with Gasteiger partial charge in [-0.3, -0.25) is 0 Å². The number of phenolic OH excluding ortho intramolecular Hbond substituents is 1. The Morgan fingerprint density at radius 2 is 1.67 bits per heavy atom. The van der Waals surface area contributed by atoms with Crippen LogP contribution in [0.15, 0.2) is 12.1 Å². The van der Waals surface area contributed by atoms with E-state index in [0.717, 1.165) is 5.56 Å². The van der Waals surface area contributed by atoms with E-state index in [9.17, 15) is 5.11 Å². The number of hydrogen-bond acceptors (Lipinski definition) is 1. The van der Waals surface area contributed by atoms with Crippen molar-refractivity contribution in [2.75, 3.05) is 0 Å². The molecule has 1 aromatic carbocycles. The highest BCUT2D eigenvalue weighted by atomic mass is 16.3. The van der Waals surface area contributed by atoms with Crippen LogP contribution in [0.1, 0.15) is 75.5 Å². The molecule has 1 fully saturated rings. The van der Waals surface area contributed by atoms with Crippen LogP contribution >= 0.6 is 0 Å². The summed E-state index contributed by atoms with van der Waals surface area (Å²) in [5, 5.41) is 10.6. The molecule has 1 aliphatic carbocycles. The van der Waals surface area contributed by atoms with E-state index in [4.69, 9.17) is 0 Å². The maximum atomic E-state index is 10.6. The molecule has 100 valence electrons. The molecule has 1 heteroatoms. The fourth-order valence-electron chi connectivity index (χ4n) is 3.10. The molecule has 1 N–H and O–H groups in total. The molecule has 1 aliphatic rings. The lowest BCUT2D eigenvalue weighted by molar-refractivity contribution is 0.402. The lowest BCUT2D eigenvalue weighted by Crippen LogP contribution is -2.14. The number of benzene rings is 1. The van der Waals surface area contributed by atoms with Gasteiger partial charge in [0.15, 0.2) is 0 Å². The van der Waals surface area contributed by atoms with Gasteiger partial charge in [-0.05, 0) is 42.2 Å². The monoisotopic (exact) mass is 246 g/mol. The summed E-state index contributed by atoms with van der Waals surface area (Å²) in [5.41, 5.74) is 3.58. The fraction of sp³-hybridized carbons (Fsp3) is 0.647. The first-order valence-corrected chi connectivity index (χ1v) is 7.23. The number of phenols is 1. The smallest absolute Gasteiger partial charge is 0.122 e. The average Bonchev–Trinajstić information content (AvgIpc) is 2.31. The highest BCUT2D eigenvalue weighted by Crippen LogP contribution is 2.42. The molecule has 0 saturated heterocycles. The summed E-state index contributed by atoms with van der Waals surface area (Å²) in [6.07, 6.45) is 6.45. The Labute approximate surface area is 111 Å². The van der Waals surface area contributed by atoms with Crippen molar-refractivity contribution < 1.29 is 5.11 Å². The second-order valence-electron chi connectivity index (χ2n) is 6.84. The summed E-state index contributed by atoms with van der Waals surface area (Å²) in [7, 11) is 0. The Morgan fingerprint density at radius 3 is 2.22 bits per heavy atom. The van der Waals surface area contributed by atoms with E-state index < -0.39 is 0 Å². The minimum atomic E-state index is 0.0134. The third-order valence-electron chi connectivity index (χ3n) is 4.14. The Balaban J connectivity index is 2.44. The van der Waals surface area contributed by atoms with Gasteiger partial charge in [0.1, 0.15) is 5.75 Å². The highest BCUT2D eigenvalue weighted by molar-refractivity contribution is 5.48. The van der Waals surface area contributed by atoms with Crippen LogP contribution in [0.5, 0.6) is 5.75 Å². The summed E-state index contributed by atoms with van der Waals surface area (Å²) in [5.74, 6) is 1.12. The molecular weight excluding hydrogens is 220 g/mol. The van der Waals surface area contributed by atoms with Gasteiger partial charge >= 0.3 is 0 Å². The van der Waals surface area contributed by atoms with Crippen molar-refractivity contribution in [3.05, 3.63) is 28.8 Å². The summed E-state index contributed by atoms with van der Waals surface area (Å²) in [6.45, 7) is 8.66. The molecule has 0 radical (unpaired) electrons. The first-order valence-electron chi connectivity index (χ1n) is 7.23. The van der Waals surface area contributed by atoms with E-state index in [1.165, 1.54) is 43.2 Å². The van der Waals surface area contributed by atoms with Crippen molar-refractivity contribution in [2.45, 2.75) is 71.1 Å². The molecule has 0 aromatic heterocycles. The van der Waals surface area contributed by atoms with Gasteiger partial charge in [-0.25, -0.2) is 0 Å². The van der Waals surface area contributed by atoms with Gasteiger partial charge in [-0.1, -0.05) is 57.7 Å². The van der Waals surface area contributed by atoms with Crippen LogP contribution in [0.2, 0.25) is 0 Å². The predicted molar refractivity (Wildman–Crippen MR) is 77.4 cm³/mol. The predicted octanol–water partition coefficient (Wildman–Crippen LogP) is 5.05. The van der Waals surface area contributed by atoms with Gasteiger partial charge in [0, 0.05) is 0 Å². The molecule has 1 nitrogen and oxygen atoms in total. The molecular formula is C17H26O. The molecule has 0 aliphatic heterocycles. The van der Waals surface area contributed by atoms with E-state index in [1.54, 1.807) is 0 Å². The molecule has 0 unspecified atom stereocenters. The minimum absolute atomic E-state index is 0.0134. The van der Waals surface area contributed by atoms with Crippen LogP contribution in [-0.2, 0) is 5.41 Å². The van der Waals surface area contributed by atoms with Crippen molar-refractivity contribution in [3.63, 3.8) is 0 Å². The molecule has 18 heavy (non-hydrogen) atoms. The van der Waals surface area contributed by atoms with Gasteiger partial charge in [-0.15, -0.1) is 0 Å². The van der Waals surface area contributed by atoms with Crippen molar-refractivity contribution in [3.8, 4) is 5.75 Å². The molecule has 1 aromatic rings. The Kier molecular flexibility index (Phi) is 3.70. The van der Waals surface area contributed by atoms with Crippen LogP contribution in [-0.4, -0.2) is 5.11 Å². The number of hydrogen-bond donors (Lipinski definition) is 1. The SMILES string of the molecule is Cc1cc(C2CCCCC2)c(O)c(C(C)(C)C)c1. The van der Waals surface area contributed by atoms with E-state index in [2.05, 4.69) is 39.8 Å². The number of aryl methyl sites for hydroxylation is 1. The zero-order valence-electron chi connectivity index (χ0n) is 12.2. The van der Waals surface area contributed by atoms with E-state index in [0.29, 0.717) is 11.7 Å². The third-order valence-corrected chi connectivity index (χ3v) is 4.14. The molecule has 0 spiro atoms. The first-order chi connectivity index (χ1) is 8.39. The molecule has 0 atom stereocenters. The average molecular weight is 246 g/mol. The van der Waals surface area contributed by atoms with Gasteiger partial charge in [0.25, 0.3) is 0 Å². The van der Waals surface area contributed by atoms with Crippen molar-refractivity contribution in [1.29, 1.82) is 0 Å². The zero-order valence-corrected chi connectivity index (χ0v) is 12.2. The molecule has 0 amide bonds. The van der Waals surface area contributed by atoms with Crippen LogP contribution in [0.4, 0.5) is 0 Å². The maximum Gasteiger partial charge on any atom is 0.122 e. The second-order valence-corrected chi connectivity index (χ2v) is 6.84. The Morgan fingerprint density at radius 1 is 1.06 bits per heavy atom. The van der Waals surface area contributed by atoms with Crippen LogP contribution in [0.3, 0.4) is 0 Å². The summed E-state index contributed by atoms with van der Waals surface area (Å²) < 4.78 is 0. The summed E-state index contributed by atoms with van der Waals surface area (Å²) >= 11 is 0. The largest absolute Gasteiger partial charge is 0.507 e. The summed E-state index contributed by atoms with van der Waals surface area (Å²) in [6, 6.07) is 4.34. The molecule has 0 heterocycles.